The molecular formula is C10H21N2O+. The summed E-state index contributed by atoms with van der Waals surface area (Å²) in [5.74, 6) is 0. The maximum absolute atomic E-state index is 5.31. The second-order valence-corrected chi connectivity index (χ2v) is 4.38. The summed E-state index contributed by atoms with van der Waals surface area (Å²) in [6, 6.07) is 1.57. The third kappa shape index (κ3) is 1.87. The first-order valence-corrected chi connectivity index (χ1v) is 5.41. The average molecular weight is 185 g/mol. The van der Waals surface area contributed by atoms with E-state index in [4.69, 9.17) is 4.74 Å². The molecule has 3 nitrogen and oxygen atoms in total. The van der Waals surface area contributed by atoms with Crippen LogP contribution in [0, 0.1) is 0 Å². The van der Waals surface area contributed by atoms with E-state index in [1.807, 2.05) is 7.11 Å². The van der Waals surface area contributed by atoms with Gasteiger partial charge in [0, 0.05) is 19.7 Å². The molecule has 0 spiro atoms. The number of rotatable bonds is 2. The Morgan fingerprint density at radius 2 is 2.15 bits per heavy atom. The fourth-order valence-electron chi connectivity index (χ4n) is 2.50. The van der Waals surface area contributed by atoms with Crippen molar-refractivity contribution in [3.05, 3.63) is 0 Å². The molecule has 3 heteroatoms. The molecule has 76 valence electrons. The zero-order valence-corrected chi connectivity index (χ0v) is 8.70. The minimum Gasteiger partial charge on any atom is -0.381 e. The molecule has 0 amide bonds. The summed E-state index contributed by atoms with van der Waals surface area (Å²) in [5, 5.41) is 2.42. The molecule has 1 aliphatic heterocycles. The van der Waals surface area contributed by atoms with Gasteiger partial charge in [0.05, 0.1) is 25.2 Å². The van der Waals surface area contributed by atoms with Crippen molar-refractivity contribution in [2.45, 2.75) is 38.0 Å². The molecule has 1 aliphatic carbocycles. The molecule has 1 saturated carbocycles. The van der Waals surface area contributed by atoms with Gasteiger partial charge in [-0.3, -0.25) is 4.90 Å². The van der Waals surface area contributed by atoms with Gasteiger partial charge in [0.2, 0.25) is 0 Å². The van der Waals surface area contributed by atoms with Crippen molar-refractivity contribution in [2.75, 3.05) is 26.7 Å². The van der Waals surface area contributed by atoms with Gasteiger partial charge in [0.15, 0.2) is 0 Å². The third-order valence-electron chi connectivity index (χ3n) is 3.54. The Kier molecular flexibility index (Phi) is 2.86. The number of nitrogens with two attached hydrogens (primary N) is 1. The lowest BCUT2D eigenvalue weighted by atomic mass is 9.86. The highest BCUT2D eigenvalue weighted by Gasteiger charge is 2.37. The fraction of sp³-hybridized carbons (Fsp3) is 1.00. The van der Waals surface area contributed by atoms with E-state index in [2.05, 4.69) is 17.1 Å². The summed E-state index contributed by atoms with van der Waals surface area (Å²) < 4.78 is 5.31. The van der Waals surface area contributed by atoms with Crippen molar-refractivity contribution in [1.29, 1.82) is 0 Å². The molecule has 0 radical (unpaired) electrons. The number of ether oxygens (including phenoxy) is 1. The van der Waals surface area contributed by atoms with E-state index in [9.17, 15) is 0 Å². The van der Waals surface area contributed by atoms with E-state index in [1.54, 1.807) is 0 Å². The number of methoxy groups -OCH3 is 1. The topological polar surface area (TPSA) is 29.1 Å². The maximum Gasteiger partial charge on any atom is 0.0911 e. The van der Waals surface area contributed by atoms with Crippen molar-refractivity contribution < 1.29 is 10.1 Å². The first kappa shape index (κ1) is 9.44. The molecule has 1 heterocycles. The van der Waals surface area contributed by atoms with Crippen LogP contribution in [0.2, 0.25) is 0 Å². The van der Waals surface area contributed by atoms with Crippen LogP contribution in [0.4, 0.5) is 0 Å². The molecule has 0 unspecified atom stereocenters. The van der Waals surface area contributed by atoms with Crippen LogP contribution < -0.4 is 5.32 Å². The van der Waals surface area contributed by atoms with E-state index in [1.165, 1.54) is 32.5 Å². The third-order valence-corrected chi connectivity index (χ3v) is 3.54. The van der Waals surface area contributed by atoms with Crippen molar-refractivity contribution >= 4 is 0 Å². The van der Waals surface area contributed by atoms with Gasteiger partial charge in [-0.15, -0.1) is 0 Å². The number of hydrogen-bond donors (Lipinski definition) is 1. The Balaban J connectivity index is 1.80. The molecule has 0 aromatic rings. The van der Waals surface area contributed by atoms with Gasteiger partial charge >= 0.3 is 0 Å². The predicted molar refractivity (Wildman–Crippen MR) is 51.6 cm³/mol. The van der Waals surface area contributed by atoms with Crippen LogP contribution in [-0.4, -0.2) is 49.8 Å². The number of quaternary nitrogens is 1. The lowest BCUT2D eigenvalue weighted by Gasteiger charge is -2.45. The highest BCUT2D eigenvalue weighted by atomic mass is 16.5. The second-order valence-electron chi connectivity index (χ2n) is 4.38. The van der Waals surface area contributed by atoms with Gasteiger partial charge in [-0.1, -0.05) is 0 Å². The van der Waals surface area contributed by atoms with E-state index in [-0.39, 0.29) is 0 Å². The monoisotopic (exact) mass is 185 g/mol. The summed E-state index contributed by atoms with van der Waals surface area (Å²) >= 11 is 0. The van der Waals surface area contributed by atoms with Crippen LogP contribution in [0.25, 0.3) is 0 Å². The first-order valence-electron chi connectivity index (χ1n) is 5.41. The summed E-state index contributed by atoms with van der Waals surface area (Å²) in [5.41, 5.74) is 0. The van der Waals surface area contributed by atoms with Crippen molar-refractivity contribution in [3.8, 4) is 0 Å². The molecular weight excluding hydrogens is 164 g/mol. The van der Waals surface area contributed by atoms with Crippen LogP contribution in [0.5, 0.6) is 0 Å². The SMILES string of the molecule is COC1CC(N2CC[NH2+]C[C@@H]2C)C1. The highest BCUT2D eigenvalue weighted by Crippen LogP contribution is 2.28. The standard InChI is InChI=1S/C10H20N2O/c1-8-7-11-3-4-12(8)9-5-10(6-9)13-2/h8-11H,3-7H2,1-2H3/p+1/t8-,9?,10?/m0/s1. The van der Waals surface area contributed by atoms with Crippen LogP contribution >= 0.6 is 0 Å². The predicted octanol–water partition coefficient (Wildman–Crippen LogP) is -0.569. The first-order chi connectivity index (χ1) is 6.31. The van der Waals surface area contributed by atoms with Gasteiger partial charge in [0.1, 0.15) is 0 Å². The number of piperazine rings is 1. The Morgan fingerprint density at radius 1 is 1.38 bits per heavy atom. The normalized spacial score (nSPS) is 41.5. The molecule has 2 N–H and O–H groups in total. The fourth-order valence-corrected chi connectivity index (χ4v) is 2.50. The Hall–Kier alpha value is -0.120. The molecule has 1 saturated heterocycles. The van der Waals surface area contributed by atoms with E-state index >= 15 is 0 Å². The zero-order chi connectivity index (χ0) is 9.26. The van der Waals surface area contributed by atoms with Gasteiger partial charge < -0.3 is 10.1 Å². The quantitative estimate of drug-likeness (QED) is 0.624. The van der Waals surface area contributed by atoms with Crippen molar-refractivity contribution in [3.63, 3.8) is 0 Å². The minimum absolute atomic E-state index is 0.545. The second kappa shape index (κ2) is 3.95. The molecule has 2 fully saturated rings. The lowest BCUT2D eigenvalue weighted by molar-refractivity contribution is -0.669. The Bertz CT molecular complexity index is 168. The summed E-state index contributed by atoms with van der Waals surface area (Å²) in [6.45, 7) is 6.16. The summed E-state index contributed by atoms with van der Waals surface area (Å²) in [7, 11) is 1.83. The molecule has 1 atom stereocenters. The molecule has 0 aromatic heterocycles. The van der Waals surface area contributed by atoms with Gasteiger partial charge in [-0.05, 0) is 19.8 Å². The largest absolute Gasteiger partial charge is 0.381 e. The number of hydrogen-bond acceptors (Lipinski definition) is 2. The number of nitrogens with zero attached hydrogens (tertiary/aromatic N) is 1. The van der Waals surface area contributed by atoms with Crippen LogP contribution in [0.3, 0.4) is 0 Å². The molecule has 0 aromatic carbocycles. The molecule has 13 heavy (non-hydrogen) atoms. The lowest BCUT2D eigenvalue weighted by Crippen LogP contribution is -2.92. The van der Waals surface area contributed by atoms with Crippen LogP contribution in [0.15, 0.2) is 0 Å². The molecule has 2 rings (SSSR count). The van der Waals surface area contributed by atoms with Gasteiger partial charge in [0.25, 0.3) is 0 Å². The molecule has 2 aliphatic rings. The van der Waals surface area contributed by atoms with E-state index in [0.717, 1.165) is 12.1 Å². The summed E-state index contributed by atoms with van der Waals surface area (Å²) in [6.07, 6.45) is 3.05. The van der Waals surface area contributed by atoms with Gasteiger partial charge in [-0.2, -0.15) is 0 Å². The minimum atomic E-state index is 0.545. The van der Waals surface area contributed by atoms with Crippen LogP contribution in [-0.2, 0) is 4.74 Å². The smallest absolute Gasteiger partial charge is 0.0911 e. The molecule has 0 bridgehead atoms. The Labute approximate surface area is 80.4 Å². The van der Waals surface area contributed by atoms with E-state index < -0.39 is 0 Å². The average Bonchev–Trinajstić information content (AvgIpc) is 2.06. The van der Waals surface area contributed by atoms with Gasteiger partial charge in [-0.25, -0.2) is 0 Å². The van der Waals surface area contributed by atoms with E-state index in [0.29, 0.717) is 6.10 Å². The highest BCUT2D eigenvalue weighted by molar-refractivity contribution is 4.90. The van der Waals surface area contributed by atoms with Crippen LogP contribution in [0.1, 0.15) is 19.8 Å². The Morgan fingerprint density at radius 3 is 2.77 bits per heavy atom. The summed E-state index contributed by atoms with van der Waals surface area (Å²) in [4.78, 5) is 2.66. The maximum atomic E-state index is 5.31. The van der Waals surface area contributed by atoms with Crippen molar-refractivity contribution in [1.82, 2.24) is 4.90 Å². The zero-order valence-electron chi connectivity index (χ0n) is 8.70. The van der Waals surface area contributed by atoms with Crippen molar-refractivity contribution in [2.24, 2.45) is 0 Å².